The number of hydroxylamine groups is 2. The molecule has 0 spiro atoms. The summed E-state index contributed by atoms with van der Waals surface area (Å²) in [4.78, 5) is 228. The predicted molar refractivity (Wildman–Crippen MR) is 482 cm³/mol. The standard InChI is InChI=1S/C93H114F5N16O18S/c1-11-12-32-69-91(129)110(7)49-74(117)102-65(46-76(119)120)86(124)108-82(53(4)5)93(131)112(9)70(42-55-26-18-14-19-27-55)87(125)106-67(45-61-77(94)79(96)81(98)80(97)78(61)95)89(127)109(6)37-38-114(132)71(44-58-47-100-62-31-23-22-30-60(58)62)88(126)105-64(40-57-33-35-59(115)36-34-57)85(123)104-63(39-52(2)3)84(122)107-68(83(121)101-48-73(99)116)50-133-51-75(118)103-66(41-54-24-16-13-17-25-54)90(128)113(10)72(92(130)111(69)8)43-56-28-20-15-21-29-56/h13-31,33-36,47,52-53,63-72,82,100,115H,11-12,32,37-46,48-51H2,1-10H3,(H2,99,116)(H,101,121)(H,102,117)(H,103,118)(H,104,123)(H,105,126)(H,106,125)(H,107,122)(H,108,124)(H,119,120)/q-1/t63-,64-,65-,66-,67-,68-,69-,70-,71-,72-,82-/m0/s1. The molecule has 1 aliphatic rings. The molecule has 1 saturated heterocycles. The molecule has 14 amide bonds. The molecule has 0 bridgehead atoms. The number of carbonyl (C=O) groups excluding carboxylic acids is 14. The van der Waals surface area contributed by atoms with Gasteiger partial charge in [-0.05, 0) is 77.1 Å². The molecule has 34 nitrogen and oxygen atoms in total. The number of carbonyl (C=O) groups is 15. The molecule has 0 aliphatic carbocycles. The molecule has 0 unspecified atom stereocenters. The van der Waals surface area contributed by atoms with Crippen molar-refractivity contribution in [1.29, 1.82) is 0 Å². The average molecular weight is 1870 g/mol. The Hall–Kier alpha value is -13.4. The number of thioether (sulfide) groups is 1. The monoisotopic (exact) mass is 1870 g/mol. The first kappa shape index (κ1) is 105. The number of primary amides is 1. The third-order valence-electron chi connectivity index (χ3n) is 22.7. The number of fused-ring (bicyclic) bond motifs is 1. The fourth-order valence-electron chi connectivity index (χ4n) is 15.2. The van der Waals surface area contributed by atoms with Crippen LogP contribution in [0.2, 0.25) is 0 Å². The lowest BCUT2D eigenvalue weighted by molar-refractivity contribution is -0.151. The number of carboxylic acids is 1. The molecule has 40 heteroatoms. The van der Waals surface area contributed by atoms with Gasteiger partial charge in [0.1, 0.15) is 66.2 Å². The SMILES string of the molecule is CCCC[C@H]1C(=O)N(C)CC(=O)N[C@@H](CC(=O)O)C(=O)N[C@@H](C(C)C)C(=O)N(C)[C@@H](Cc2ccccc2)C(=O)N[C@@H](Cc2c(F)c(F)c(F)c(F)c2F)C(=O)N(C)CCN([O-])[C@@H](Cc2c[nH]c3ccccc23)C(=O)N[C@@H](Cc2ccc(O)cc2)C(=O)N[C@@H](CC(C)C)C(=O)N[C@H](C(=O)NCC(N)=O)CSCC(=O)N[C@@H](Cc2ccccc2)C(=O)N(C)[C@@H](Cc2ccccc2)C(=O)N1C. The van der Waals surface area contributed by atoms with E-state index < -0.39 is 271 Å². The summed E-state index contributed by atoms with van der Waals surface area (Å²) >= 11 is 0.780. The van der Waals surface area contributed by atoms with Crippen LogP contribution in [0.25, 0.3) is 10.9 Å². The highest BCUT2D eigenvalue weighted by Crippen LogP contribution is 2.28. The lowest BCUT2D eigenvalue weighted by Gasteiger charge is -2.38. The Bertz CT molecular complexity index is 5250. The highest BCUT2D eigenvalue weighted by Gasteiger charge is 2.43. The Balaban J connectivity index is 1.24. The van der Waals surface area contributed by atoms with Crippen molar-refractivity contribution in [2.45, 2.75) is 172 Å². The number of carboxylic acid groups (broad SMARTS) is 1. The number of hydrogen-bond donors (Lipinski definition) is 12. The first-order chi connectivity index (χ1) is 63.1. The number of phenols is 1. The van der Waals surface area contributed by atoms with Gasteiger partial charge in [-0.3, -0.25) is 71.9 Å². The molecule has 7 aromatic rings. The van der Waals surface area contributed by atoms with Gasteiger partial charge in [0.05, 0.1) is 31.3 Å². The second kappa shape index (κ2) is 49.8. The van der Waals surface area contributed by atoms with Crippen molar-refractivity contribution in [3.8, 4) is 5.75 Å². The molecule has 13 N–H and O–H groups in total. The number of likely N-dealkylation sites (N-methyl/N-ethyl adjacent to an activating group) is 5. The lowest BCUT2D eigenvalue weighted by atomic mass is 9.98. The molecule has 8 rings (SSSR count). The second-order valence-electron chi connectivity index (χ2n) is 33.5. The number of rotatable bonds is 23. The van der Waals surface area contributed by atoms with Crippen LogP contribution >= 0.6 is 11.8 Å². The van der Waals surface area contributed by atoms with E-state index in [0.717, 1.165) is 50.4 Å². The largest absolute Gasteiger partial charge is 0.785 e. The van der Waals surface area contributed by atoms with Crippen LogP contribution in [-0.2, 0) is 110 Å². The third kappa shape index (κ3) is 29.8. The van der Waals surface area contributed by atoms with Crippen LogP contribution in [0.4, 0.5) is 22.0 Å². The van der Waals surface area contributed by atoms with Crippen molar-refractivity contribution >= 4 is 111 Å². The Labute approximate surface area is 770 Å². The summed E-state index contributed by atoms with van der Waals surface area (Å²) in [6.07, 6.45) is -2.29. The summed E-state index contributed by atoms with van der Waals surface area (Å²) in [5.41, 5.74) is 6.41. The number of aromatic hydroxyl groups is 1. The maximum Gasteiger partial charge on any atom is 0.305 e. The Kier molecular flexibility index (Phi) is 39.3. The number of aromatic nitrogens is 1. The number of aliphatic carboxylic acids is 1. The average Bonchev–Trinajstić information content (AvgIpc) is 0.953. The van der Waals surface area contributed by atoms with Gasteiger partial charge >= 0.3 is 5.97 Å². The van der Waals surface area contributed by atoms with E-state index in [0.29, 0.717) is 51.6 Å². The number of nitrogens with two attached hydrogens (primary N) is 1. The summed E-state index contributed by atoms with van der Waals surface area (Å²) in [5.74, 6) is -31.2. The summed E-state index contributed by atoms with van der Waals surface area (Å²) in [7, 11) is 5.95. The predicted octanol–water partition coefficient (Wildman–Crippen LogP) is 4.00. The fraction of sp³-hybridized carbons (Fsp3) is 0.430. The van der Waals surface area contributed by atoms with Crippen LogP contribution in [0.15, 0.2) is 146 Å². The number of amides is 14. The molecular weight excluding hydrogens is 1760 g/mol. The first-order valence-corrected chi connectivity index (χ1v) is 44.4. The number of hydrogen-bond acceptors (Lipinski definition) is 19. The first-order valence-electron chi connectivity index (χ1n) is 43.2. The number of phenolic OH excluding ortho intramolecular Hbond substituents is 1. The number of halogens is 5. The quantitative estimate of drug-likeness (QED) is 0.0245. The van der Waals surface area contributed by atoms with Gasteiger partial charge in [0.25, 0.3) is 0 Å². The van der Waals surface area contributed by atoms with Crippen LogP contribution < -0.4 is 48.3 Å². The smallest absolute Gasteiger partial charge is 0.305 e. The Morgan fingerprint density at radius 3 is 1.58 bits per heavy atom. The molecule has 2 heterocycles. The van der Waals surface area contributed by atoms with E-state index in [9.17, 15) is 53.0 Å². The third-order valence-corrected chi connectivity index (χ3v) is 23.7. The van der Waals surface area contributed by atoms with Gasteiger partial charge in [-0.1, -0.05) is 169 Å². The number of benzene rings is 6. The number of aromatic amines is 1. The van der Waals surface area contributed by atoms with E-state index in [1.807, 2.05) is 6.92 Å². The van der Waals surface area contributed by atoms with Crippen LogP contribution in [0.3, 0.4) is 0 Å². The van der Waals surface area contributed by atoms with Gasteiger partial charge in [0.15, 0.2) is 23.3 Å². The van der Waals surface area contributed by atoms with E-state index in [2.05, 4.69) is 47.5 Å². The van der Waals surface area contributed by atoms with Crippen LogP contribution in [0, 0.1) is 46.1 Å². The van der Waals surface area contributed by atoms with Crippen molar-refractivity contribution in [1.82, 2.24) is 77.1 Å². The Morgan fingerprint density at radius 2 is 1.00 bits per heavy atom. The van der Waals surface area contributed by atoms with Crippen LogP contribution in [-0.4, -0.2) is 273 Å². The van der Waals surface area contributed by atoms with Crippen LogP contribution in [0.1, 0.15) is 100 Å². The van der Waals surface area contributed by atoms with E-state index in [1.54, 1.807) is 105 Å². The molecule has 6 aromatic carbocycles. The minimum Gasteiger partial charge on any atom is -0.785 e. The minimum absolute atomic E-state index is 0.0247. The van der Waals surface area contributed by atoms with Crippen molar-refractivity contribution in [2.24, 2.45) is 17.6 Å². The van der Waals surface area contributed by atoms with Crippen LogP contribution in [0.5, 0.6) is 5.75 Å². The lowest BCUT2D eigenvalue weighted by Crippen LogP contribution is -2.61. The normalized spacial score (nSPS) is 21.8. The van der Waals surface area contributed by atoms with Crippen molar-refractivity contribution < 1.29 is 104 Å². The number of para-hydroxylation sites is 1. The highest BCUT2D eigenvalue weighted by atomic mass is 32.2. The van der Waals surface area contributed by atoms with Crippen molar-refractivity contribution in [3.63, 3.8) is 0 Å². The van der Waals surface area contributed by atoms with Crippen molar-refractivity contribution in [2.75, 3.05) is 72.9 Å². The summed E-state index contributed by atoms with van der Waals surface area (Å²) < 4.78 is 77.4. The number of nitrogens with zero attached hydrogens (tertiary/aromatic N) is 6. The summed E-state index contributed by atoms with van der Waals surface area (Å²) in [5, 5.41) is 56.6. The molecule has 133 heavy (non-hydrogen) atoms. The van der Waals surface area contributed by atoms with Gasteiger partial charge in [-0.25, -0.2) is 22.0 Å². The molecule has 0 saturated carbocycles. The van der Waals surface area contributed by atoms with Gasteiger partial charge in [-0.15, -0.1) is 11.8 Å². The zero-order chi connectivity index (χ0) is 97.8. The minimum atomic E-state index is -2.58. The topological polar surface area (TPSA) is 477 Å². The molecule has 716 valence electrons. The van der Waals surface area contributed by atoms with E-state index in [-0.39, 0.29) is 36.5 Å². The maximum absolute atomic E-state index is 16.0. The highest BCUT2D eigenvalue weighted by molar-refractivity contribution is 8.00. The number of unbranched alkanes of at least 4 members (excludes halogenated alkanes) is 1. The van der Waals surface area contributed by atoms with Gasteiger partial charge in [-0.2, -0.15) is 0 Å². The zero-order valence-corrected chi connectivity index (χ0v) is 76.2. The molecule has 11 atom stereocenters. The number of H-pyrrole nitrogens is 1. The van der Waals surface area contributed by atoms with Gasteiger partial charge in [0, 0.05) is 109 Å². The van der Waals surface area contributed by atoms with Crippen molar-refractivity contribution in [3.05, 3.63) is 213 Å². The maximum atomic E-state index is 16.0. The zero-order valence-electron chi connectivity index (χ0n) is 75.4. The second-order valence-corrected chi connectivity index (χ2v) is 34.6. The van der Waals surface area contributed by atoms with E-state index >= 15 is 56.3 Å². The number of nitrogens with one attached hydrogen (secondary N) is 9. The van der Waals surface area contributed by atoms with Gasteiger partial charge < -0.3 is 98.2 Å². The molecular formula is C93H114F5N16O18S-. The summed E-state index contributed by atoms with van der Waals surface area (Å²) in [6.45, 7) is 4.75. The molecule has 1 fully saturated rings. The molecule has 1 aliphatic heterocycles. The molecule has 1 aromatic heterocycles. The van der Waals surface area contributed by atoms with E-state index in [4.69, 9.17) is 5.73 Å². The fourth-order valence-corrected chi connectivity index (χ4v) is 16.1. The van der Waals surface area contributed by atoms with Gasteiger partial charge in [0.2, 0.25) is 88.5 Å². The summed E-state index contributed by atoms with van der Waals surface area (Å²) in [6, 6.07) is 17.6. The Morgan fingerprint density at radius 1 is 0.504 bits per heavy atom. The van der Waals surface area contributed by atoms with E-state index in [1.165, 1.54) is 89.7 Å². The molecule has 0 radical (unpaired) electrons.